The van der Waals surface area contributed by atoms with Crippen molar-refractivity contribution in [1.29, 1.82) is 0 Å². The molecule has 0 spiro atoms. The summed E-state index contributed by atoms with van der Waals surface area (Å²) in [6.45, 7) is 4.31. The highest BCUT2D eigenvalue weighted by Gasteiger charge is 2.16. The van der Waals surface area contributed by atoms with Crippen LogP contribution in [-0.2, 0) is 10.5 Å². The van der Waals surface area contributed by atoms with Gasteiger partial charge in [0, 0.05) is 5.75 Å². The summed E-state index contributed by atoms with van der Waals surface area (Å²) in [5.41, 5.74) is 3.50. The Balaban J connectivity index is 1.47. The Morgan fingerprint density at radius 1 is 1.21 bits per heavy atom. The van der Waals surface area contributed by atoms with Crippen LogP contribution in [0, 0.1) is 6.92 Å². The molecule has 0 saturated heterocycles. The van der Waals surface area contributed by atoms with Crippen molar-refractivity contribution >= 4 is 17.7 Å². The van der Waals surface area contributed by atoms with Crippen LogP contribution in [0.3, 0.4) is 0 Å². The molecule has 2 aromatic carbocycles. The molecule has 126 valence electrons. The SMILES string of the molecule is Cc1cccc(CSCC(=O)NC(C)c2ccc3c(c2)OCO3)c1. The largest absolute Gasteiger partial charge is 0.454 e. The second-order valence-corrected chi connectivity index (χ2v) is 6.87. The van der Waals surface area contributed by atoms with Crippen molar-refractivity contribution in [1.82, 2.24) is 5.32 Å². The molecule has 0 radical (unpaired) electrons. The van der Waals surface area contributed by atoms with Crippen LogP contribution in [0.2, 0.25) is 0 Å². The first-order valence-electron chi connectivity index (χ1n) is 7.94. The van der Waals surface area contributed by atoms with Gasteiger partial charge in [-0.3, -0.25) is 4.79 Å². The fourth-order valence-corrected chi connectivity index (χ4v) is 3.40. The number of ether oxygens (including phenoxy) is 2. The molecular formula is C19H21NO3S. The third kappa shape index (κ3) is 4.23. The lowest BCUT2D eigenvalue weighted by atomic mass is 10.1. The van der Waals surface area contributed by atoms with Gasteiger partial charge < -0.3 is 14.8 Å². The number of fused-ring (bicyclic) bond motifs is 1. The van der Waals surface area contributed by atoms with E-state index < -0.39 is 0 Å². The molecule has 1 aliphatic rings. The van der Waals surface area contributed by atoms with Crippen LogP contribution < -0.4 is 14.8 Å². The Bertz CT molecular complexity index is 732. The molecule has 1 amide bonds. The van der Waals surface area contributed by atoms with E-state index >= 15 is 0 Å². The smallest absolute Gasteiger partial charge is 0.231 e. The van der Waals surface area contributed by atoms with E-state index in [1.165, 1.54) is 11.1 Å². The maximum atomic E-state index is 12.1. The zero-order valence-corrected chi connectivity index (χ0v) is 14.7. The minimum absolute atomic E-state index is 0.0396. The lowest BCUT2D eigenvalue weighted by Crippen LogP contribution is -2.28. The molecule has 0 bridgehead atoms. The fraction of sp³-hybridized carbons (Fsp3) is 0.316. The molecule has 5 heteroatoms. The maximum absolute atomic E-state index is 12.1. The standard InChI is InChI=1S/C19H21NO3S/c1-13-4-3-5-15(8-13)10-24-11-19(21)20-14(2)16-6-7-17-18(9-16)23-12-22-17/h3-9,14H,10-12H2,1-2H3,(H,20,21). The van der Waals surface area contributed by atoms with E-state index in [9.17, 15) is 4.79 Å². The van der Waals surface area contributed by atoms with Gasteiger partial charge in [-0.2, -0.15) is 0 Å². The topological polar surface area (TPSA) is 47.6 Å². The highest BCUT2D eigenvalue weighted by atomic mass is 32.2. The molecule has 1 unspecified atom stereocenters. The maximum Gasteiger partial charge on any atom is 0.231 e. The molecule has 3 rings (SSSR count). The monoisotopic (exact) mass is 343 g/mol. The molecule has 1 aliphatic heterocycles. The van der Waals surface area contributed by atoms with Gasteiger partial charge in [0.1, 0.15) is 0 Å². The number of hydrogen-bond donors (Lipinski definition) is 1. The number of hydrogen-bond acceptors (Lipinski definition) is 4. The molecule has 4 nitrogen and oxygen atoms in total. The zero-order valence-electron chi connectivity index (χ0n) is 13.9. The van der Waals surface area contributed by atoms with E-state index in [-0.39, 0.29) is 18.7 Å². The Hall–Kier alpha value is -2.14. The third-order valence-corrected chi connectivity index (χ3v) is 4.86. The fourth-order valence-electron chi connectivity index (χ4n) is 2.61. The second kappa shape index (κ2) is 7.62. The van der Waals surface area contributed by atoms with Gasteiger partial charge in [0.05, 0.1) is 11.8 Å². The molecule has 1 atom stereocenters. The molecule has 1 heterocycles. The predicted molar refractivity (Wildman–Crippen MR) is 96.5 cm³/mol. The van der Waals surface area contributed by atoms with Gasteiger partial charge in [0.2, 0.25) is 12.7 Å². The van der Waals surface area contributed by atoms with Gasteiger partial charge in [0.25, 0.3) is 0 Å². The number of carbonyl (C=O) groups excluding carboxylic acids is 1. The van der Waals surface area contributed by atoms with Crippen LogP contribution in [0.5, 0.6) is 11.5 Å². The zero-order chi connectivity index (χ0) is 16.9. The number of carbonyl (C=O) groups is 1. The summed E-state index contributed by atoms with van der Waals surface area (Å²) in [7, 11) is 0. The molecule has 1 N–H and O–H groups in total. The van der Waals surface area contributed by atoms with Crippen LogP contribution >= 0.6 is 11.8 Å². The predicted octanol–water partition coefficient (Wildman–Crippen LogP) is 3.83. The van der Waals surface area contributed by atoms with Crippen molar-refractivity contribution in [2.24, 2.45) is 0 Å². The number of nitrogens with one attached hydrogen (secondary N) is 1. The van der Waals surface area contributed by atoms with Crippen LogP contribution in [-0.4, -0.2) is 18.5 Å². The van der Waals surface area contributed by atoms with Gasteiger partial charge in [-0.1, -0.05) is 35.9 Å². The van der Waals surface area contributed by atoms with E-state index in [0.717, 1.165) is 22.8 Å². The third-order valence-electron chi connectivity index (χ3n) is 3.86. The van der Waals surface area contributed by atoms with Gasteiger partial charge in [-0.25, -0.2) is 0 Å². The number of benzene rings is 2. The Morgan fingerprint density at radius 3 is 2.88 bits per heavy atom. The molecule has 0 fully saturated rings. The van der Waals surface area contributed by atoms with Crippen molar-refractivity contribution in [3.8, 4) is 11.5 Å². The van der Waals surface area contributed by atoms with Crippen molar-refractivity contribution in [3.05, 3.63) is 59.2 Å². The van der Waals surface area contributed by atoms with E-state index in [0.29, 0.717) is 5.75 Å². The average Bonchev–Trinajstić information content (AvgIpc) is 3.02. The van der Waals surface area contributed by atoms with Crippen LogP contribution in [0.4, 0.5) is 0 Å². The first kappa shape index (κ1) is 16.7. The lowest BCUT2D eigenvalue weighted by Gasteiger charge is -2.14. The number of aryl methyl sites for hydroxylation is 1. The molecule has 0 saturated carbocycles. The first-order chi connectivity index (χ1) is 11.6. The van der Waals surface area contributed by atoms with Crippen molar-refractivity contribution in [2.45, 2.75) is 25.6 Å². The summed E-state index contributed by atoms with van der Waals surface area (Å²) in [5.74, 6) is 2.82. The summed E-state index contributed by atoms with van der Waals surface area (Å²) in [4.78, 5) is 12.1. The summed E-state index contributed by atoms with van der Waals surface area (Å²) >= 11 is 1.62. The minimum Gasteiger partial charge on any atom is -0.454 e. The number of amides is 1. The highest BCUT2D eigenvalue weighted by molar-refractivity contribution is 7.99. The first-order valence-corrected chi connectivity index (χ1v) is 9.09. The summed E-state index contributed by atoms with van der Waals surface area (Å²) < 4.78 is 10.7. The highest BCUT2D eigenvalue weighted by Crippen LogP contribution is 2.34. The Labute approximate surface area is 146 Å². The van der Waals surface area contributed by atoms with Crippen molar-refractivity contribution < 1.29 is 14.3 Å². The molecule has 2 aromatic rings. The van der Waals surface area contributed by atoms with Crippen LogP contribution in [0.1, 0.15) is 29.7 Å². The quantitative estimate of drug-likeness (QED) is 0.866. The summed E-state index contributed by atoms with van der Waals surface area (Å²) in [6.07, 6.45) is 0. The Morgan fingerprint density at radius 2 is 2.04 bits per heavy atom. The molecular weight excluding hydrogens is 322 g/mol. The summed E-state index contributed by atoms with van der Waals surface area (Å²) in [6, 6.07) is 14.1. The van der Waals surface area contributed by atoms with Gasteiger partial charge >= 0.3 is 0 Å². The van der Waals surface area contributed by atoms with Gasteiger partial charge in [0.15, 0.2) is 11.5 Å². The van der Waals surface area contributed by atoms with Crippen LogP contribution in [0.15, 0.2) is 42.5 Å². The van der Waals surface area contributed by atoms with E-state index in [1.54, 1.807) is 11.8 Å². The normalized spacial score (nSPS) is 13.6. The molecule has 0 aromatic heterocycles. The lowest BCUT2D eigenvalue weighted by molar-refractivity contribution is -0.119. The van der Waals surface area contributed by atoms with Crippen molar-refractivity contribution in [3.63, 3.8) is 0 Å². The number of thioether (sulfide) groups is 1. The molecule has 0 aliphatic carbocycles. The summed E-state index contributed by atoms with van der Waals surface area (Å²) in [5, 5.41) is 3.03. The Kier molecular flexibility index (Phi) is 5.30. The van der Waals surface area contributed by atoms with Gasteiger partial charge in [-0.15, -0.1) is 11.8 Å². The van der Waals surface area contributed by atoms with E-state index in [1.807, 2.05) is 31.2 Å². The van der Waals surface area contributed by atoms with E-state index in [2.05, 4.69) is 30.4 Å². The second-order valence-electron chi connectivity index (χ2n) is 5.88. The van der Waals surface area contributed by atoms with E-state index in [4.69, 9.17) is 9.47 Å². The minimum atomic E-state index is -0.0634. The van der Waals surface area contributed by atoms with Crippen molar-refractivity contribution in [2.75, 3.05) is 12.5 Å². The van der Waals surface area contributed by atoms with Crippen LogP contribution in [0.25, 0.3) is 0 Å². The van der Waals surface area contributed by atoms with Gasteiger partial charge in [-0.05, 0) is 37.1 Å². The molecule has 24 heavy (non-hydrogen) atoms. The number of rotatable bonds is 6. The average molecular weight is 343 g/mol.